The molecule has 1 saturated heterocycles. The van der Waals surface area contributed by atoms with Crippen LogP contribution >= 0.6 is 0 Å². The summed E-state index contributed by atoms with van der Waals surface area (Å²) in [6, 6.07) is 3.09. The fourth-order valence-corrected chi connectivity index (χ4v) is 2.97. The maximum Gasteiger partial charge on any atom is 0.256 e. The third-order valence-electron chi connectivity index (χ3n) is 4.06. The molecule has 1 aromatic carbocycles. The van der Waals surface area contributed by atoms with Gasteiger partial charge in [-0.05, 0) is 31.0 Å². The summed E-state index contributed by atoms with van der Waals surface area (Å²) >= 11 is 0. The number of rotatable bonds is 5. The highest BCUT2D eigenvalue weighted by atomic mass is 19.1. The molecule has 1 heterocycles. The first-order valence-corrected chi connectivity index (χ1v) is 7.97. The van der Waals surface area contributed by atoms with Crippen LogP contribution in [0.2, 0.25) is 0 Å². The first-order chi connectivity index (χ1) is 11.0. The molecule has 0 N–H and O–H groups in total. The summed E-state index contributed by atoms with van der Waals surface area (Å²) in [6.07, 6.45) is 0.842. The smallest absolute Gasteiger partial charge is 0.256 e. The van der Waals surface area contributed by atoms with Crippen LogP contribution in [0.25, 0.3) is 0 Å². The van der Waals surface area contributed by atoms with Crippen LogP contribution in [0.1, 0.15) is 23.7 Å². The largest absolute Gasteiger partial charge is 0.384 e. The summed E-state index contributed by atoms with van der Waals surface area (Å²) in [5.41, 5.74) is -0.0624. The van der Waals surface area contributed by atoms with Gasteiger partial charge in [0.15, 0.2) is 0 Å². The Hall–Kier alpha value is -1.53. The minimum absolute atomic E-state index is 0.0624. The summed E-state index contributed by atoms with van der Waals surface area (Å²) < 4.78 is 31.9. The van der Waals surface area contributed by atoms with E-state index in [-0.39, 0.29) is 11.5 Å². The highest BCUT2D eigenvalue weighted by molar-refractivity contribution is 5.94. The fraction of sp³-hybridized carbons (Fsp3) is 0.588. The second-order valence-corrected chi connectivity index (χ2v) is 6.13. The Morgan fingerprint density at radius 2 is 2.04 bits per heavy atom. The van der Waals surface area contributed by atoms with E-state index < -0.39 is 11.6 Å². The number of benzene rings is 1. The van der Waals surface area contributed by atoms with E-state index in [1.54, 1.807) is 12.0 Å². The Kier molecular flexibility index (Phi) is 6.47. The van der Waals surface area contributed by atoms with Crippen molar-refractivity contribution in [1.82, 2.24) is 9.80 Å². The topological polar surface area (TPSA) is 32.8 Å². The summed E-state index contributed by atoms with van der Waals surface area (Å²) in [5.74, 6) is -1.41. The van der Waals surface area contributed by atoms with Gasteiger partial charge in [-0.15, -0.1) is 0 Å². The van der Waals surface area contributed by atoms with E-state index in [1.165, 1.54) is 6.07 Å². The number of carbonyl (C=O) groups excluding carboxylic acids is 1. The van der Waals surface area contributed by atoms with E-state index in [0.717, 1.165) is 38.2 Å². The van der Waals surface area contributed by atoms with E-state index in [1.807, 2.05) is 0 Å². The van der Waals surface area contributed by atoms with Crippen LogP contribution in [0, 0.1) is 17.6 Å². The van der Waals surface area contributed by atoms with Gasteiger partial charge in [0.25, 0.3) is 5.91 Å². The van der Waals surface area contributed by atoms with Gasteiger partial charge in [0, 0.05) is 46.0 Å². The average molecular weight is 326 g/mol. The Morgan fingerprint density at radius 1 is 1.26 bits per heavy atom. The van der Waals surface area contributed by atoms with Gasteiger partial charge in [-0.3, -0.25) is 4.79 Å². The molecule has 1 aromatic rings. The monoisotopic (exact) mass is 326 g/mol. The summed E-state index contributed by atoms with van der Waals surface area (Å²) in [4.78, 5) is 16.4. The first-order valence-electron chi connectivity index (χ1n) is 7.97. The predicted octanol–water partition coefficient (Wildman–Crippen LogP) is 2.40. The second kappa shape index (κ2) is 8.36. The van der Waals surface area contributed by atoms with Crippen LogP contribution in [0.5, 0.6) is 0 Å². The molecular formula is C17H24F2N2O2. The van der Waals surface area contributed by atoms with Crippen molar-refractivity contribution in [3.63, 3.8) is 0 Å². The van der Waals surface area contributed by atoms with Crippen molar-refractivity contribution >= 4 is 5.91 Å². The standard InChI is InChI=1S/C17H24F2N2O2/c1-13(12-23-2)11-20-6-3-7-21(9-8-20)17(22)15-5-4-14(18)10-16(15)19/h4-5,10,13H,3,6-9,11-12H2,1-2H3/t13-/m1/s1. The maximum absolute atomic E-state index is 13.8. The van der Waals surface area contributed by atoms with E-state index in [4.69, 9.17) is 4.74 Å². The molecule has 1 amide bonds. The molecule has 0 bridgehead atoms. The van der Waals surface area contributed by atoms with Crippen LogP contribution in [0.4, 0.5) is 8.78 Å². The highest BCUT2D eigenvalue weighted by Gasteiger charge is 2.23. The maximum atomic E-state index is 13.8. The SMILES string of the molecule is COC[C@H](C)CN1CCCN(C(=O)c2ccc(F)cc2F)CC1. The van der Waals surface area contributed by atoms with Gasteiger partial charge >= 0.3 is 0 Å². The molecule has 1 aliphatic rings. The normalized spacial score (nSPS) is 17.8. The molecule has 0 radical (unpaired) electrons. The van der Waals surface area contributed by atoms with Crippen LogP contribution in [-0.2, 0) is 4.74 Å². The zero-order valence-electron chi connectivity index (χ0n) is 13.7. The van der Waals surface area contributed by atoms with Gasteiger partial charge in [-0.1, -0.05) is 6.92 Å². The number of methoxy groups -OCH3 is 1. The third kappa shape index (κ3) is 4.97. The molecule has 128 valence electrons. The zero-order valence-corrected chi connectivity index (χ0v) is 13.7. The zero-order chi connectivity index (χ0) is 16.8. The van der Waals surface area contributed by atoms with Gasteiger partial charge < -0.3 is 14.5 Å². The van der Waals surface area contributed by atoms with Gasteiger partial charge in [-0.2, -0.15) is 0 Å². The summed E-state index contributed by atoms with van der Waals surface area (Å²) in [5, 5.41) is 0. The molecule has 6 heteroatoms. The number of nitrogens with zero attached hydrogens (tertiary/aromatic N) is 2. The molecular weight excluding hydrogens is 302 g/mol. The van der Waals surface area contributed by atoms with Crippen LogP contribution in [0.15, 0.2) is 18.2 Å². The number of halogens is 2. The second-order valence-electron chi connectivity index (χ2n) is 6.13. The molecule has 2 rings (SSSR count). The molecule has 0 aliphatic carbocycles. The van der Waals surface area contributed by atoms with Crippen molar-refractivity contribution in [1.29, 1.82) is 0 Å². The number of hydrogen-bond acceptors (Lipinski definition) is 3. The lowest BCUT2D eigenvalue weighted by molar-refractivity contribution is 0.0753. The number of ether oxygens (including phenoxy) is 1. The van der Waals surface area contributed by atoms with Crippen molar-refractivity contribution in [3.05, 3.63) is 35.4 Å². The van der Waals surface area contributed by atoms with Crippen molar-refractivity contribution in [2.75, 3.05) is 46.4 Å². The highest BCUT2D eigenvalue weighted by Crippen LogP contribution is 2.14. The number of amides is 1. The average Bonchev–Trinajstić information content (AvgIpc) is 2.72. The van der Waals surface area contributed by atoms with E-state index in [2.05, 4.69) is 11.8 Å². The Balaban J connectivity index is 1.95. The van der Waals surface area contributed by atoms with Gasteiger partial charge in [-0.25, -0.2) is 8.78 Å². The lowest BCUT2D eigenvalue weighted by atomic mass is 10.1. The molecule has 4 nitrogen and oxygen atoms in total. The molecule has 1 atom stereocenters. The Morgan fingerprint density at radius 3 is 2.74 bits per heavy atom. The molecule has 0 saturated carbocycles. The lowest BCUT2D eigenvalue weighted by Crippen LogP contribution is -2.37. The lowest BCUT2D eigenvalue weighted by Gasteiger charge is -2.24. The first kappa shape index (κ1) is 17.8. The summed E-state index contributed by atoms with van der Waals surface area (Å²) in [6.45, 7) is 6.55. The number of carbonyl (C=O) groups is 1. The van der Waals surface area contributed by atoms with Gasteiger partial charge in [0.1, 0.15) is 11.6 Å². The Labute approximate surface area is 136 Å². The van der Waals surface area contributed by atoms with Crippen LogP contribution in [-0.4, -0.2) is 62.1 Å². The van der Waals surface area contributed by atoms with Crippen LogP contribution < -0.4 is 0 Å². The molecule has 1 aliphatic heterocycles. The molecule has 0 spiro atoms. The molecule has 23 heavy (non-hydrogen) atoms. The van der Waals surface area contributed by atoms with Crippen molar-refractivity contribution in [3.8, 4) is 0 Å². The minimum atomic E-state index is -0.801. The minimum Gasteiger partial charge on any atom is -0.384 e. The quantitative estimate of drug-likeness (QED) is 0.833. The molecule has 0 unspecified atom stereocenters. The number of hydrogen-bond donors (Lipinski definition) is 0. The Bertz CT molecular complexity index is 539. The van der Waals surface area contributed by atoms with Crippen molar-refractivity contribution in [2.24, 2.45) is 5.92 Å². The van der Waals surface area contributed by atoms with Crippen molar-refractivity contribution in [2.45, 2.75) is 13.3 Å². The molecule has 0 aromatic heterocycles. The van der Waals surface area contributed by atoms with Crippen LogP contribution in [0.3, 0.4) is 0 Å². The van der Waals surface area contributed by atoms with E-state index >= 15 is 0 Å². The van der Waals surface area contributed by atoms with Gasteiger partial charge in [0.05, 0.1) is 5.56 Å². The fourth-order valence-electron chi connectivity index (χ4n) is 2.97. The molecule has 1 fully saturated rings. The van der Waals surface area contributed by atoms with Gasteiger partial charge in [0.2, 0.25) is 0 Å². The van der Waals surface area contributed by atoms with E-state index in [0.29, 0.717) is 25.6 Å². The predicted molar refractivity (Wildman–Crippen MR) is 84.4 cm³/mol. The summed E-state index contributed by atoms with van der Waals surface area (Å²) in [7, 11) is 1.69. The van der Waals surface area contributed by atoms with Crippen molar-refractivity contribution < 1.29 is 18.3 Å². The third-order valence-corrected chi connectivity index (χ3v) is 4.06. The van der Waals surface area contributed by atoms with E-state index in [9.17, 15) is 13.6 Å².